The van der Waals surface area contributed by atoms with E-state index in [0.29, 0.717) is 12.6 Å². The first kappa shape index (κ1) is 11.2. The number of hydrogen-bond acceptors (Lipinski definition) is 2. The van der Waals surface area contributed by atoms with Gasteiger partial charge in [-0.25, -0.2) is 0 Å². The minimum absolute atomic E-state index is 0.293. The lowest BCUT2D eigenvalue weighted by atomic mass is 9.96. The average Bonchev–Trinajstić information content (AvgIpc) is 2.16. The zero-order valence-electron chi connectivity index (χ0n) is 9.30. The van der Waals surface area contributed by atoms with Crippen molar-refractivity contribution in [2.75, 3.05) is 13.1 Å². The van der Waals surface area contributed by atoms with E-state index in [4.69, 9.17) is 5.73 Å². The van der Waals surface area contributed by atoms with Crippen LogP contribution in [0.5, 0.6) is 0 Å². The summed E-state index contributed by atoms with van der Waals surface area (Å²) in [4.78, 5) is 0. The van der Waals surface area contributed by atoms with Crippen LogP contribution in [0.4, 0.5) is 0 Å². The second kappa shape index (κ2) is 5.13. The summed E-state index contributed by atoms with van der Waals surface area (Å²) >= 11 is 0. The molecule has 1 atom stereocenters. The molecule has 0 aromatic heterocycles. The highest BCUT2D eigenvalue weighted by Crippen LogP contribution is 2.20. The van der Waals surface area contributed by atoms with Gasteiger partial charge < -0.3 is 11.1 Å². The van der Waals surface area contributed by atoms with Gasteiger partial charge in [0.25, 0.3) is 0 Å². The molecule has 14 heavy (non-hydrogen) atoms. The molecular weight excluding hydrogens is 172 g/mol. The minimum atomic E-state index is 0.293. The predicted molar refractivity (Wildman–Crippen MR) is 61.4 cm³/mol. The Labute approximate surface area is 86.5 Å². The highest BCUT2D eigenvalue weighted by Gasteiger charge is 2.12. The van der Waals surface area contributed by atoms with Crippen LogP contribution in [0.2, 0.25) is 0 Å². The van der Waals surface area contributed by atoms with E-state index in [1.807, 2.05) is 0 Å². The molecule has 1 unspecified atom stereocenters. The van der Waals surface area contributed by atoms with Crippen molar-refractivity contribution in [2.45, 2.75) is 26.8 Å². The molecule has 3 N–H and O–H groups in total. The maximum absolute atomic E-state index is 5.77. The molecule has 2 nitrogen and oxygen atoms in total. The van der Waals surface area contributed by atoms with Crippen LogP contribution >= 0.6 is 0 Å². The minimum Gasteiger partial charge on any atom is -0.329 e. The third-order valence-electron chi connectivity index (χ3n) is 2.58. The van der Waals surface area contributed by atoms with Crippen molar-refractivity contribution < 1.29 is 0 Å². The third kappa shape index (κ3) is 2.34. The van der Waals surface area contributed by atoms with Gasteiger partial charge in [-0.1, -0.05) is 25.1 Å². The normalized spacial score (nSPS) is 12.9. The van der Waals surface area contributed by atoms with Crippen LogP contribution in [0.3, 0.4) is 0 Å². The summed E-state index contributed by atoms with van der Waals surface area (Å²) in [7, 11) is 0. The first-order valence-electron chi connectivity index (χ1n) is 5.20. The standard InChI is InChI=1S/C12H20N2/c1-4-14-11(8-13)12-9(2)6-5-7-10(12)3/h5-7,11,14H,4,8,13H2,1-3H3. The number of nitrogens with two attached hydrogens (primary N) is 1. The van der Waals surface area contributed by atoms with E-state index in [1.165, 1.54) is 16.7 Å². The fourth-order valence-electron chi connectivity index (χ4n) is 1.93. The first-order valence-corrected chi connectivity index (χ1v) is 5.20. The second-order valence-electron chi connectivity index (χ2n) is 3.65. The van der Waals surface area contributed by atoms with Crippen LogP contribution in [0, 0.1) is 13.8 Å². The number of benzene rings is 1. The molecule has 78 valence electrons. The molecule has 0 saturated carbocycles. The SMILES string of the molecule is CCNC(CN)c1c(C)cccc1C. The number of hydrogen-bond donors (Lipinski definition) is 2. The van der Waals surface area contributed by atoms with Gasteiger partial charge in [-0.3, -0.25) is 0 Å². The maximum atomic E-state index is 5.77. The summed E-state index contributed by atoms with van der Waals surface area (Å²) in [6.45, 7) is 8.00. The topological polar surface area (TPSA) is 38.0 Å². The average molecular weight is 192 g/mol. The summed E-state index contributed by atoms with van der Waals surface area (Å²) in [5.74, 6) is 0. The molecule has 0 radical (unpaired) electrons. The van der Waals surface area contributed by atoms with Gasteiger partial charge in [-0.15, -0.1) is 0 Å². The van der Waals surface area contributed by atoms with Crippen LogP contribution in [0.25, 0.3) is 0 Å². The fourth-order valence-corrected chi connectivity index (χ4v) is 1.93. The zero-order valence-corrected chi connectivity index (χ0v) is 9.30. The van der Waals surface area contributed by atoms with Gasteiger partial charge in [0.15, 0.2) is 0 Å². The summed E-state index contributed by atoms with van der Waals surface area (Å²) in [6, 6.07) is 6.67. The second-order valence-corrected chi connectivity index (χ2v) is 3.65. The summed E-state index contributed by atoms with van der Waals surface area (Å²) < 4.78 is 0. The van der Waals surface area contributed by atoms with Crippen molar-refractivity contribution in [3.05, 3.63) is 34.9 Å². The first-order chi connectivity index (χ1) is 6.70. The van der Waals surface area contributed by atoms with Crippen LogP contribution in [-0.4, -0.2) is 13.1 Å². The molecule has 1 rings (SSSR count). The van der Waals surface area contributed by atoms with Gasteiger partial charge in [0.1, 0.15) is 0 Å². The van der Waals surface area contributed by atoms with E-state index in [2.05, 4.69) is 44.3 Å². The Balaban J connectivity index is 3.02. The van der Waals surface area contributed by atoms with E-state index < -0.39 is 0 Å². The van der Waals surface area contributed by atoms with E-state index in [0.717, 1.165) is 6.54 Å². The number of likely N-dealkylation sites (N-methyl/N-ethyl adjacent to an activating group) is 1. The monoisotopic (exact) mass is 192 g/mol. The van der Waals surface area contributed by atoms with Crippen LogP contribution in [0.1, 0.15) is 29.7 Å². The summed E-state index contributed by atoms with van der Waals surface area (Å²) in [5.41, 5.74) is 9.77. The molecule has 0 amide bonds. The van der Waals surface area contributed by atoms with Crippen molar-refractivity contribution in [2.24, 2.45) is 5.73 Å². The molecule has 2 heteroatoms. The van der Waals surface area contributed by atoms with Crippen LogP contribution in [0.15, 0.2) is 18.2 Å². The van der Waals surface area contributed by atoms with Crippen molar-refractivity contribution in [1.82, 2.24) is 5.32 Å². The molecule has 0 saturated heterocycles. The summed E-state index contributed by atoms with van der Waals surface area (Å²) in [5, 5.41) is 3.41. The van der Waals surface area contributed by atoms with Gasteiger partial charge in [0, 0.05) is 12.6 Å². The van der Waals surface area contributed by atoms with Crippen LogP contribution in [-0.2, 0) is 0 Å². The highest BCUT2D eigenvalue weighted by molar-refractivity contribution is 5.36. The lowest BCUT2D eigenvalue weighted by Crippen LogP contribution is -2.29. The Morgan fingerprint density at radius 3 is 2.29 bits per heavy atom. The van der Waals surface area contributed by atoms with E-state index in [1.54, 1.807) is 0 Å². The van der Waals surface area contributed by atoms with Crippen molar-refractivity contribution in [3.63, 3.8) is 0 Å². The molecule has 0 aliphatic heterocycles. The molecule has 1 aromatic carbocycles. The van der Waals surface area contributed by atoms with E-state index >= 15 is 0 Å². The molecule has 0 aliphatic carbocycles. The number of nitrogens with one attached hydrogen (secondary N) is 1. The molecule has 1 aromatic rings. The van der Waals surface area contributed by atoms with Gasteiger partial charge in [-0.05, 0) is 37.1 Å². The molecule has 0 spiro atoms. The maximum Gasteiger partial charge on any atom is 0.0449 e. The highest BCUT2D eigenvalue weighted by atomic mass is 14.9. The van der Waals surface area contributed by atoms with Gasteiger partial charge in [0.2, 0.25) is 0 Å². The van der Waals surface area contributed by atoms with Gasteiger partial charge in [-0.2, -0.15) is 0 Å². The summed E-state index contributed by atoms with van der Waals surface area (Å²) in [6.07, 6.45) is 0. The van der Waals surface area contributed by atoms with Crippen molar-refractivity contribution in [3.8, 4) is 0 Å². The molecular formula is C12H20N2. The molecule has 0 bridgehead atoms. The predicted octanol–water partition coefficient (Wildman–Crippen LogP) is 1.91. The Morgan fingerprint density at radius 2 is 1.86 bits per heavy atom. The molecule has 0 heterocycles. The fraction of sp³-hybridized carbons (Fsp3) is 0.500. The largest absolute Gasteiger partial charge is 0.329 e. The van der Waals surface area contributed by atoms with Crippen molar-refractivity contribution in [1.29, 1.82) is 0 Å². The van der Waals surface area contributed by atoms with E-state index in [9.17, 15) is 0 Å². The van der Waals surface area contributed by atoms with Crippen LogP contribution < -0.4 is 11.1 Å². The number of rotatable bonds is 4. The van der Waals surface area contributed by atoms with Crippen molar-refractivity contribution >= 4 is 0 Å². The Kier molecular flexibility index (Phi) is 4.11. The van der Waals surface area contributed by atoms with Gasteiger partial charge >= 0.3 is 0 Å². The Morgan fingerprint density at radius 1 is 1.29 bits per heavy atom. The number of aryl methyl sites for hydroxylation is 2. The Hall–Kier alpha value is -0.860. The van der Waals surface area contributed by atoms with Gasteiger partial charge in [0.05, 0.1) is 0 Å². The van der Waals surface area contributed by atoms with E-state index in [-0.39, 0.29) is 0 Å². The Bertz CT molecular complexity index is 274. The lowest BCUT2D eigenvalue weighted by Gasteiger charge is -2.20. The smallest absolute Gasteiger partial charge is 0.0449 e. The molecule has 0 aliphatic rings. The quantitative estimate of drug-likeness (QED) is 0.765. The third-order valence-corrected chi connectivity index (χ3v) is 2.58. The lowest BCUT2D eigenvalue weighted by molar-refractivity contribution is 0.557. The zero-order chi connectivity index (χ0) is 10.6. The molecule has 0 fully saturated rings.